The largest absolute Gasteiger partial charge is 0.481 e. The zero-order chi connectivity index (χ0) is 28.1. The number of rotatable bonds is 12. The highest BCUT2D eigenvalue weighted by molar-refractivity contribution is 5.98. The number of fused-ring (bicyclic) bond motifs is 2. The van der Waals surface area contributed by atoms with Crippen molar-refractivity contribution in [2.45, 2.75) is 82.4 Å². The van der Waals surface area contributed by atoms with Crippen LogP contribution in [0.2, 0.25) is 0 Å². The lowest BCUT2D eigenvalue weighted by molar-refractivity contribution is -0.122. The second-order valence-corrected chi connectivity index (χ2v) is 11.5. The summed E-state index contributed by atoms with van der Waals surface area (Å²) < 4.78 is 5.31. The molecular formula is C31H40N4O5. The van der Waals surface area contributed by atoms with Crippen molar-refractivity contribution in [1.29, 1.82) is 0 Å². The highest BCUT2D eigenvalue weighted by Gasteiger charge is 2.40. The van der Waals surface area contributed by atoms with Crippen molar-refractivity contribution in [1.82, 2.24) is 15.6 Å². The van der Waals surface area contributed by atoms with Crippen molar-refractivity contribution in [3.63, 3.8) is 0 Å². The number of ether oxygens (including phenoxy) is 1. The third-order valence-electron chi connectivity index (χ3n) is 8.68. The molecule has 1 aromatic heterocycles. The number of carbonyl (C=O) groups is 3. The number of anilines is 1. The van der Waals surface area contributed by atoms with Gasteiger partial charge in [-0.2, -0.15) is 4.98 Å². The van der Waals surface area contributed by atoms with E-state index in [1.165, 1.54) is 32.4 Å². The predicted octanol–water partition coefficient (Wildman–Crippen LogP) is 3.39. The standard InChI is InChI=1S/C31H40N4O5/c1-40-29-19-23(18-27(34-29)35-14-6-11-30(35)38)31(39)33-25(16-20-7-3-2-4-8-20)26(36)9-5-10-28(37)32-24-17-21-12-13-22(24)15-21/h2-4,7-8,18-19,21-22,24-26,36H,5-6,9-17H2,1H3,(H,32,37)(H,33,39)/t21-,22?,24?,25+,26+/m1/s1. The number of hydrogen-bond donors (Lipinski definition) is 3. The Balaban J connectivity index is 1.22. The highest BCUT2D eigenvalue weighted by Crippen LogP contribution is 2.44. The van der Waals surface area contributed by atoms with E-state index in [1.54, 1.807) is 11.0 Å². The molecule has 1 aromatic carbocycles. The van der Waals surface area contributed by atoms with Crippen LogP contribution in [0.4, 0.5) is 5.82 Å². The first-order chi connectivity index (χ1) is 19.4. The molecule has 1 saturated heterocycles. The number of aliphatic hydroxyl groups excluding tert-OH is 1. The molecule has 2 unspecified atom stereocenters. The predicted molar refractivity (Wildman–Crippen MR) is 151 cm³/mol. The second-order valence-electron chi connectivity index (χ2n) is 11.5. The fourth-order valence-electron chi connectivity index (χ4n) is 6.53. The summed E-state index contributed by atoms with van der Waals surface area (Å²) in [5, 5.41) is 17.4. The first-order valence-corrected chi connectivity index (χ1v) is 14.6. The molecule has 3 aliphatic rings. The molecule has 0 radical (unpaired) electrons. The molecule has 5 rings (SSSR count). The quantitative estimate of drug-likeness (QED) is 0.374. The van der Waals surface area contributed by atoms with Gasteiger partial charge in [0, 0.05) is 37.1 Å². The molecule has 3 amide bonds. The molecular weight excluding hydrogens is 508 g/mol. The van der Waals surface area contributed by atoms with Gasteiger partial charge in [0.25, 0.3) is 5.91 Å². The van der Waals surface area contributed by atoms with Crippen LogP contribution in [0.5, 0.6) is 5.88 Å². The Labute approximate surface area is 235 Å². The van der Waals surface area contributed by atoms with Gasteiger partial charge in [0.15, 0.2) is 0 Å². The Morgan fingerprint density at radius 3 is 2.67 bits per heavy atom. The van der Waals surface area contributed by atoms with Crippen LogP contribution in [0.3, 0.4) is 0 Å². The molecule has 2 bridgehead atoms. The third kappa shape index (κ3) is 6.81. The number of nitrogens with one attached hydrogen (secondary N) is 2. The van der Waals surface area contributed by atoms with Crippen molar-refractivity contribution in [3.05, 3.63) is 53.6 Å². The van der Waals surface area contributed by atoms with Crippen molar-refractivity contribution >= 4 is 23.5 Å². The smallest absolute Gasteiger partial charge is 0.251 e. The van der Waals surface area contributed by atoms with Gasteiger partial charge < -0.3 is 20.5 Å². The van der Waals surface area contributed by atoms with E-state index >= 15 is 0 Å². The van der Waals surface area contributed by atoms with Crippen LogP contribution in [-0.4, -0.2) is 59.7 Å². The van der Waals surface area contributed by atoms with E-state index < -0.39 is 12.1 Å². The van der Waals surface area contributed by atoms with Crippen LogP contribution in [0.1, 0.15) is 73.7 Å². The molecule has 3 fully saturated rings. The first-order valence-electron chi connectivity index (χ1n) is 14.6. The van der Waals surface area contributed by atoms with Gasteiger partial charge in [-0.1, -0.05) is 36.8 Å². The van der Waals surface area contributed by atoms with Gasteiger partial charge in [-0.15, -0.1) is 0 Å². The highest BCUT2D eigenvalue weighted by atomic mass is 16.5. The summed E-state index contributed by atoms with van der Waals surface area (Å²) >= 11 is 0. The van der Waals surface area contributed by atoms with Crippen LogP contribution in [0.15, 0.2) is 42.5 Å². The lowest BCUT2D eigenvalue weighted by Gasteiger charge is -2.25. The van der Waals surface area contributed by atoms with Gasteiger partial charge in [0.1, 0.15) is 5.82 Å². The van der Waals surface area contributed by atoms with Gasteiger partial charge >= 0.3 is 0 Å². The number of aliphatic hydroxyl groups is 1. The maximum atomic E-state index is 13.4. The van der Waals surface area contributed by atoms with Gasteiger partial charge in [0.2, 0.25) is 17.7 Å². The van der Waals surface area contributed by atoms with E-state index in [0.29, 0.717) is 62.0 Å². The van der Waals surface area contributed by atoms with Crippen LogP contribution in [0.25, 0.3) is 0 Å². The molecule has 2 heterocycles. The number of pyridine rings is 1. The fraction of sp³-hybridized carbons (Fsp3) is 0.548. The van der Waals surface area contributed by atoms with Crippen LogP contribution < -0.4 is 20.3 Å². The normalized spacial score (nSPS) is 23.2. The van der Waals surface area contributed by atoms with Gasteiger partial charge in [0.05, 0.1) is 19.3 Å². The Morgan fingerprint density at radius 1 is 1.18 bits per heavy atom. The number of amides is 3. The number of methoxy groups -OCH3 is 1. The number of carbonyl (C=O) groups excluding carboxylic acids is 3. The SMILES string of the molecule is COc1cc(C(=O)N[C@@H](Cc2ccccc2)[C@@H](O)CCCC(=O)NC2C[C@@H]3CCC2C3)cc(N2CCCC2=O)n1. The van der Waals surface area contributed by atoms with E-state index in [9.17, 15) is 19.5 Å². The van der Waals surface area contributed by atoms with E-state index in [4.69, 9.17) is 4.74 Å². The molecule has 214 valence electrons. The van der Waals surface area contributed by atoms with Gasteiger partial charge in [-0.25, -0.2) is 0 Å². The molecule has 0 spiro atoms. The van der Waals surface area contributed by atoms with Crippen LogP contribution >= 0.6 is 0 Å². The zero-order valence-corrected chi connectivity index (χ0v) is 23.2. The molecule has 5 atom stereocenters. The average Bonchev–Trinajstić information content (AvgIpc) is 3.70. The maximum Gasteiger partial charge on any atom is 0.251 e. The summed E-state index contributed by atoms with van der Waals surface area (Å²) in [5.74, 6) is 1.64. The summed E-state index contributed by atoms with van der Waals surface area (Å²) in [5.41, 5.74) is 1.29. The van der Waals surface area contributed by atoms with E-state index in [2.05, 4.69) is 15.6 Å². The first kappa shape index (κ1) is 28.1. The van der Waals surface area contributed by atoms with Crippen molar-refractivity contribution in [2.24, 2.45) is 11.8 Å². The lowest BCUT2D eigenvalue weighted by Crippen LogP contribution is -2.45. The number of benzene rings is 1. The summed E-state index contributed by atoms with van der Waals surface area (Å²) in [4.78, 5) is 44.3. The van der Waals surface area contributed by atoms with Crippen molar-refractivity contribution < 1.29 is 24.2 Å². The molecule has 2 saturated carbocycles. The van der Waals surface area contributed by atoms with Crippen LogP contribution in [-0.2, 0) is 16.0 Å². The summed E-state index contributed by atoms with van der Waals surface area (Å²) in [6, 6.07) is 12.5. The van der Waals surface area contributed by atoms with E-state index in [1.807, 2.05) is 30.3 Å². The van der Waals surface area contributed by atoms with Gasteiger partial charge in [-0.3, -0.25) is 19.3 Å². The van der Waals surface area contributed by atoms with E-state index in [0.717, 1.165) is 24.3 Å². The Kier molecular flexibility index (Phi) is 8.99. The van der Waals surface area contributed by atoms with Crippen molar-refractivity contribution in [2.75, 3.05) is 18.6 Å². The maximum absolute atomic E-state index is 13.4. The molecule has 3 N–H and O–H groups in total. The summed E-state index contributed by atoms with van der Waals surface area (Å²) in [7, 11) is 1.47. The van der Waals surface area contributed by atoms with E-state index in [-0.39, 0.29) is 23.6 Å². The minimum absolute atomic E-state index is 0.0334. The van der Waals surface area contributed by atoms with Gasteiger partial charge in [-0.05, 0) is 68.4 Å². The van der Waals surface area contributed by atoms with Crippen molar-refractivity contribution in [3.8, 4) is 5.88 Å². The minimum Gasteiger partial charge on any atom is -0.481 e. The zero-order valence-electron chi connectivity index (χ0n) is 23.2. The third-order valence-corrected chi connectivity index (χ3v) is 8.68. The monoisotopic (exact) mass is 548 g/mol. The Morgan fingerprint density at radius 2 is 2.00 bits per heavy atom. The molecule has 2 aliphatic carbocycles. The summed E-state index contributed by atoms with van der Waals surface area (Å²) in [6.07, 6.45) is 6.89. The molecule has 1 aliphatic heterocycles. The fourth-order valence-corrected chi connectivity index (χ4v) is 6.53. The number of hydrogen-bond acceptors (Lipinski definition) is 6. The molecule has 9 heteroatoms. The molecule has 2 aromatic rings. The van der Waals surface area contributed by atoms with Crippen LogP contribution in [0, 0.1) is 11.8 Å². The topological polar surface area (TPSA) is 121 Å². The molecule has 9 nitrogen and oxygen atoms in total. The average molecular weight is 549 g/mol. The number of nitrogens with zero attached hydrogens (tertiary/aromatic N) is 2. The molecule has 40 heavy (non-hydrogen) atoms. The second kappa shape index (κ2) is 12.8. The minimum atomic E-state index is -0.845. The number of aromatic nitrogens is 1. The lowest BCUT2D eigenvalue weighted by atomic mass is 9.95. The Bertz CT molecular complexity index is 1210. The summed E-state index contributed by atoms with van der Waals surface area (Å²) in [6.45, 7) is 0.547. The Hall–Kier alpha value is -3.46.